The number of hydrogen-bond acceptors (Lipinski definition) is 3. The van der Waals surface area contributed by atoms with Gasteiger partial charge in [-0.3, -0.25) is 9.69 Å². The van der Waals surface area contributed by atoms with E-state index >= 15 is 0 Å². The van der Waals surface area contributed by atoms with E-state index in [2.05, 4.69) is 15.2 Å². The molecule has 2 heterocycles. The Labute approximate surface area is 89.7 Å². The normalized spacial score (nSPS) is 20.1. The lowest BCUT2D eigenvalue weighted by molar-refractivity contribution is 0.0820. The molecule has 1 aromatic heterocycles. The van der Waals surface area contributed by atoms with Crippen LogP contribution in [0.2, 0.25) is 0 Å². The van der Waals surface area contributed by atoms with Gasteiger partial charge in [0, 0.05) is 44.1 Å². The molecular formula is C11H17N3O. The molecule has 0 amide bonds. The number of piperazine rings is 1. The molecule has 0 radical (unpaired) electrons. The first-order valence-corrected chi connectivity index (χ1v) is 5.41. The molecule has 2 rings (SSSR count). The van der Waals surface area contributed by atoms with Crippen LogP contribution in [0.15, 0.2) is 18.5 Å². The Bertz CT molecular complexity index is 315. The Morgan fingerprint density at radius 1 is 1.47 bits per heavy atom. The molecule has 1 saturated heterocycles. The third-order valence-electron chi connectivity index (χ3n) is 2.96. The first-order valence-electron chi connectivity index (χ1n) is 5.41. The van der Waals surface area contributed by atoms with Crippen molar-refractivity contribution < 1.29 is 4.79 Å². The molecule has 0 saturated carbocycles. The predicted molar refractivity (Wildman–Crippen MR) is 59.0 cm³/mol. The summed E-state index contributed by atoms with van der Waals surface area (Å²) in [5.74, 6) is 0.207. The molecule has 0 bridgehead atoms. The molecule has 4 heteroatoms. The van der Waals surface area contributed by atoms with Crippen molar-refractivity contribution in [3.63, 3.8) is 0 Å². The number of hydrogen-bond donors (Lipinski definition) is 2. The molecule has 2 N–H and O–H groups in total. The van der Waals surface area contributed by atoms with Gasteiger partial charge in [0.25, 0.3) is 0 Å². The highest BCUT2D eigenvalue weighted by Crippen LogP contribution is 2.09. The second-order valence-electron chi connectivity index (χ2n) is 3.93. The van der Waals surface area contributed by atoms with Crippen LogP contribution in [0.25, 0.3) is 0 Å². The molecule has 0 spiro atoms. The van der Waals surface area contributed by atoms with Crippen LogP contribution in [-0.2, 0) is 0 Å². The highest BCUT2D eigenvalue weighted by molar-refractivity contribution is 5.99. The monoisotopic (exact) mass is 207 g/mol. The molecule has 82 valence electrons. The maximum Gasteiger partial charge on any atom is 0.181 e. The SMILES string of the molecule is CC(C(=O)c1cc[nH]c1)N1CCNCC1. The number of rotatable bonds is 3. The van der Waals surface area contributed by atoms with Gasteiger partial charge in [-0.25, -0.2) is 0 Å². The number of nitrogens with zero attached hydrogens (tertiary/aromatic N) is 1. The Balaban J connectivity index is 2.00. The van der Waals surface area contributed by atoms with E-state index in [1.54, 1.807) is 12.4 Å². The standard InChI is InChI=1S/C11H17N3O/c1-9(14-6-4-12-5-7-14)11(15)10-2-3-13-8-10/h2-3,8-9,12-13H,4-7H2,1H3. The van der Waals surface area contributed by atoms with Crippen LogP contribution in [0.1, 0.15) is 17.3 Å². The maximum absolute atomic E-state index is 12.0. The van der Waals surface area contributed by atoms with Crippen LogP contribution in [-0.4, -0.2) is 47.9 Å². The van der Waals surface area contributed by atoms with Gasteiger partial charge in [0.1, 0.15) is 0 Å². The molecule has 1 aliphatic heterocycles. The highest BCUT2D eigenvalue weighted by Gasteiger charge is 2.23. The first kappa shape index (κ1) is 10.4. The number of carbonyl (C=O) groups excluding carboxylic acids is 1. The lowest BCUT2D eigenvalue weighted by Gasteiger charge is -2.31. The Kier molecular flexibility index (Phi) is 3.18. The van der Waals surface area contributed by atoms with Gasteiger partial charge in [-0.1, -0.05) is 0 Å². The van der Waals surface area contributed by atoms with E-state index in [9.17, 15) is 4.79 Å². The molecule has 4 nitrogen and oxygen atoms in total. The van der Waals surface area contributed by atoms with E-state index in [0.717, 1.165) is 31.7 Å². The second-order valence-corrected chi connectivity index (χ2v) is 3.93. The summed E-state index contributed by atoms with van der Waals surface area (Å²) < 4.78 is 0. The minimum atomic E-state index is -0.0112. The number of aromatic nitrogens is 1. The van der Waals surface area contributed by atoms with Gasteiger partial charge < -0.3 is 10.3 Å². The van der Waals surface area contributed by atoms with Crippen molar-refractivity contribution in [1.82, 2.24) is 15.2 Å². The van der Waals surface area contributed by atoms with E-state index in [0.29, 0.717) is 0 Å². The molecule has 15 heavy (non-hydrogen) atoms. The van der Waals surface area contributed by atoms with Crippen molar-refractivity contribution in [3.8, 4) is 0 Å². The molecule has 1 unspecified atom stereocenters. The zero-order valence-electron chi connectivity index (χ0n) is 8.99. The zero-order valence-corrected chi connectivity index (χ0v) is 8.99. The van der Waals surface area contributed by atoms with Gasteiger partial charge in [0.2, 0.25) is 0 Å². The summed E-state index contributed by atoms with van der Waals surface area (Å²) in [6, 6.07) is 1.82. The fourth-order valence-corrected chi connectivity index (χ4v) is 1.95. The number of H-pyrrole nitrogens is 1. The van der Waals surface area contributed by atoms with Crippen molar-refractivity contribution in [3.05, 3.63) is 24.0 Å². The van der Waals surface area contributed by atoms with Crippen molar-refractivity contribution >= 4 is 5.78 Å². The summed E-state index contributed by atoms with van der Waals surface area (Å²) in [6.07, 6.45) is 3.55. The number of carbonyl (C=O) groups is 1. The Morgan fingerprint density at radius 2 is 2.20 bits per heavy atom. The van der Waals surface area contributed by atoms with Crippen molar-refractivity contribution in [1.29, 1.82) is 0 Å². The van der Waals surface area contributed by atoms with E-state index < -0.39 is 0 Å². The van der Waals surface area contributed by atoms with Crippen LogP contribution >= 0.6 is 0 Å². The summed E-state index contributed by atoms with van der Waals surface area (Å²) in [5, 5.41) is 3.28. The lowest BCUT2D eigenvalue weighted by Crippen LogP contribution is -2.50. The Hall–Kier alpha value is -1.13. The minimum Gasteiger partial charge on any atom is -0.367 e. The van der Waals surface area contributed by atoms with E-state index in [1.807, 2.05) is 13.0 Å². The number of aromatic amines is 1. The van der Waals surface area contributed by atoms with Crippen LogP contribution in [0.4, 0.5) is 0 Å². The van der Waals surface area contributed by atoms with E-state index in [4.69, 9.17) is 0 Å². The molecule has 1 atom stereocenters. The summed E-state index contributed by atoms with van der Waals surface area (Å²) in [6.45, 7) is 5.85. The van der Waals surface area contributed by atoms with Gasteiger partial charge in [-0.15, -0.1) is 0 Å². The molecule has 1 aliphatic rings. The minimum absolute atomic E-state index is 0.0112. The van der Waals surface area contributed by atoms with Crippen LogP contribution in [0.5, 0.6) is 0 Å². The average Bonchev–Trinajstić information content (AvgIpc) is 2.82. The third kappa shape index (κ3) is 2.27. The fourth-order valence-electron chi connectivity index (χ4n) is 1.95. The topological polar surface area (TPSA) is 48.1 Å². The van der Waals surface area contributed by atoms with Crippen molar-refractivity contribution in [2.24, 2.45) is 0 Å². The van der Waals surface area contributed by atoms with Gasteiger partial charge in [0.15, 0.2) is 5.78 Å². The number of nitrogens with one attached hydrogen (secondary N) is 2. The lowest BCUT2D eigenvalue weighted by atomic mass is 10.1. The molecular weight excluding hydrogens is 190 g/mol. The van der Waals surface area contributed by atoms with E-state index in [-0.39, 0.29) is 11.8 Å². The maximum atomic E-state index is 12.0. The first-order chi connectivity index (χ1) is 7.29. The predicted octanol–water partition coefficient (Wildman–Crippen LogP) is 0.491. The van der Waals surface area contributed by atoms with Crippen LogP contribution < -0.4 is 5.32 Å². The van der Waals surface area contributed by atoms with Crippen molar-refractivity contribution in [2.45, 2.75) is 13.0 Å². The van der Waals surface area contributed by atoms with Gasteiger partial charge >= 0.3 is 0 Å². The molecule has 0 aliphatic carbocycles. The second kappa shape index (κ2) is 4.59. The molecule has 0 aromatic carbocycles. The number of ketones is 1. The largest absolute Gasteiger partial charge is 0.367 e. The average molecular weight is 207 g/mol. The quantitative estimate of drug-likeness (QED) is 0.709. The summed E-state index contributed by atoms with van der Waals surface area (Å²) in [4.78, 5) is 17.2. The molecule has 1 fully saturated rings. The Morgan fingerprint density at radius 3 is 2.80 bits per heavy atom. The van der Waals surface area contributed by atoms with Crippen LogP contribution in [0, 0.1) is 0 Å². The van der Waals surface area contributed by atoms with Gasteiger partial charge in [-0.05, 0) is 13.0 Å². The fraction of sp³-hybridized carbons (Fsp3) is 0.545. The van der Waals surface area contributed by atoms with E-state index in [1.165, 1.54) is 0 Å². The zero-order chi connectivity index (χ0) is 10.7. The van der Waals surface area contributed by atoms with Gasteiger partial charge in [0.05, 0.1) is 6.04 Å². The summed E-state index contributed by atoms with van der Waals surface area (Å²) in [7, 11) is 0. The molecule has 1 aromatic rings. The van der Waals surface area contributed by atoms with Crippen molar-refractivity contribution in [2.75, 3.05) is 26.2 Å². The highest BCUT2D eigenvalue weighted by atomic mass is 16.1. The number of Topliss-reactive ketones (excluding diaryl/α,β-unsaturated/α-hetero) is 1. The summed E-state index contributed by atoms with van der Waals surface area (Å²) >= 11 is 0. The van der Waals surface area contributed by atoms with Gasteiger partial charge in [-0.2, -0.15) is 0 Å². The smallest absolute Gasteiger partial charge is 0.181 e. The third-order valence-corrected chi connectivity index (χ3v) is 2.96. The van der Waals surface area contributed by atoms with Crippen LogP contribution in [0.3, 0.4) is 0 Å². The summed E-state index contributed by atoms with van der Waals surface area (Å²) in [5.41, 5.74) is 0.779.